The fraction of sp³-hybridized carbons (Fsp3) is 0.296. The van der Waals surface area contributed by atoms with Gasteiger partial charge in [-0.1, -0.05) is 42.3 Å². The van der Waals surface area contributed by atoms with Crippen molar-refractivity contribution in [1.29, 1.82) is 0 Å². The summed E-state index contributed by atoms with van der Waals surface area (Å²) in [6.07, 6.45) is 3.06. The molecule has 10 heteroatoms. The van der Waals surface area contributed by atoms with E-state index in [4.69, 9.17) is 35.5 Å². The van der Waals surface area contributed by atoms with Gasteiger partial charge < -0.3 is 18.9 Å². The van der Waals surface area contributed by atoms with E-state index in [1.807, 2.05) is 13.0 Å². The maximum Gasteiger partial charge on any atom is 0.338 e. The fourth-order valence-corrected chi connectivity index (χ4v) is 5.67. The Bertz CT molecular complexity index is 1590. The number of methoxy groups -OCH3 is 1. The van der Waals surface area contributed by atoms with Crippen LogP contribution in [0, 0.1) is 0 Å². The summed E-state index contributed by atoms with van der Waals surface area (Å²) >= 11 is 7.46. The molecule has 0 spiro atoms. The van der Waals surface area contributed by atoms with Crippen molar-refractivity contribution in [3.05, 3.63) is 83.5 Å². The molecule has 1 atom stereocenters. The number of hydrogen-bond acceptors (Lipinski definition) is 8. The van der Waals surface area contributed by atoms with Crippen molar-refractivity contribution >= 4 is 35.0 Å². The molecular formula is C27H25ClN2O6S. The molecule has 0 N–H and O–H groups in total. The van der Waals surface area contributed by atoms with Gasteiger partial charge in [0.1, 0.15) is 5.75 Å². The van der Waals surface area contributed by atoms with Crippen molar-refractivity contribution in [3.8, 4) is 17.2 Å². The van der Waals surface area contributed by atoms with E-state index < -0.39 is 12.0 Å². The van der Waals surface area contributed by atoms with Gasteiger partial charge in [-0.15, -0.1) is 0 Å². The highest BCUT2D eigenvalue weighted by molar-refractivity contribution is 7.07. The summed E-state index contributed by atoms with van der Waals surface area (Å²) in [6, 6.07) is 9.89. The average Bonchev–Trinajstić information content (AvgIpc) is 3.47. The zero-order valence-electron chi connectivity index (χ0n) is 20.6. The zero-order valence-corrected chi connectivity index (χ0v) is 22.1. The first-order valence-corrected chi connectivity index (χ1v) is 13.1. The summed E-state index contributed by atoms with van der Waals surface area (Å²) in [7, 11) is 1.56. The summed E-state index contributed by atoms with van der Waals surface area (Å²) in [5.74, 6) is 1.25. The number of rotatable bonds is 7. The molecule has 37 heavy (non-hydrogen) atoms. The molecule has 0 radical (unpaired) electrons. The summed E-state index contributed by atoms with van der Waals surface area (Å²) in [5.41, 5.74) is 2.03. The minimum atomic E-state index is -0.741. The van der Waals surface area contributed by atoms with E-state index in [0.717, 1.165) is 6.42 Å². The van der Waals surface area contributed by atoms with E-state index in [0.29, 0.717) is 60.4 Å². The number of halogens is 1. The highest BCUT2D eigenvalue weighted by Gasteiger charge is 2.35. The highest BCUT2D eigenvalue weighted by Crippen LogP contribution is 2.39. The van der Waals surface area contributed by atoms with E-state index in [2.05, 4.69) is 0 Å². The summed E-state index contributed by atoms with van der Waals surface area (Å²) < 4.78 is 23.9. The Morgan fingerprint density at radius 2 is 2.03 bits per heavy atom. The number of benzene rings is 2. The Kier molecular flexibility index (Phi) is 7.08. The van der Waals surface area contributed by atoms with Crippen molar-refractivity contribution in [2.45, 2.75) is 32.7 Å². The molecule has 0 amide bonds. The molecule has 0 unspecified atom stereocenters. The molecule has 0 saturated carbocycles. The van der Waals surface area contributed by atoms with Crippen LogP contribution in [0.2, 0.25) is 5.02 Å². The second-order valence-electron chi connectivity index (χ2n) is 8.41. The lowest BCUT2D eigenvalue weighted by atomic mass is 9.94. The minimum absolute atomic E-state index is 0.116. The van der Waals surface area contributed by atoms with Crippen molar-refractivity contribution < 1.29 is 23.7 Å². The molecule has 192 valence electrons. The lowest BCUT2D eigenvalue weighted by Gasteiger charge is -2.25. The predicted octanol–water partition coefficient (Wildman–Crippen LogP) is 3.97. The number of allylic oxidation sites excluding steroid dienone is 1. The van der Waals surface area contributed by atoms with Crippen LogP contribution in [-0.2, 0) is 9.53 Å². The molecule has 0 saturated heterocycles. The molecule has 2 aromatic carbocycles. The molecule has 2 aliphatic rings. The van der Waals surface area contributed by atoms with Crippen LogP contribution in [0.15, 0.2) is 57.5 Å². The monoisotopic (exact) mass is 540 g/mol. The first kappa shape index (κ1) is 25.1. The number of aromatic nitrogens is 1. The second kappa shape index (κ2) is 10.4. The Hall–Kier alpha value is -3.56. The van der Waals surface area contributed by atoms with Gasteiger partial charge in [0, 0.05) is 10.6 Å². The molecule has 5 rings (SSSR count). The van der Waals surface area contributed by atoms with Crippen LogP contribution in [-0.4, -0.2) is 31.0 Å². The Labute approximate surface area is 222 Å². The molecule has 3 aromatic rings. The maximum atomic E-state index is 13.9. The fourth-order valence-electron chi connectivity index (χ4n) is 4.48. The maximum absolute atomic E-state index is 13.9. The van der Waals surface area contributed by atoms with Crippen molar-refractivity contribution in [2.24, 2.45) is 4.99 Å². The molecule has 0 aliphatic carbocycles. The third-order valence-electron chi connectivity index (χ3n) is 6.08. The second-order valence-corrected chi connectivity index (χ2v) is 9.86. The average molecular weight is 541 g/mol. The minimum Gasteiger partial charge on any atom is -0.496 e. The molecule has 1 aromatic heterocycles. The number of fused-ring (bicyclic) bond motifs is 2. The Morgan fingerprint density at radius 1 is 1.22 bits per heavy atom. The van der Waals surface area contributed by atoms with Gasteiger partial charge in [0.25, 0.3) is 5.56 Å². The van der Waals surface area contributed by atoms with E-state index >= 15 is 0 Å². The van der Waals surface area contributed by atoms with Crippen molar-refractivity contribution in [1.82, 2.24) is 4.57 Å². The number of nitrogens with zero attached hydrogens (tertiary/aromatic N) is 2. The van der Waals surface area contributed by atoms with Gasteiger partial charge in [0.2, 0.25) is 6.79 Å². The first-order chi connectivity index (χ1) is 17.9. The van der Waals surface area contributed by atoms with Crippen LogP contribution in [0.5, 0.6) is 17.2 Å². The Morgan fingerprint density at radius 3 is 2.78 bits per heavy atom. The highest BCUT2D eigenvalue weighted by atomic mass is 35.5. The van der Waals surface area contributed by atoms with Crippen LogP contribution in [0.1, 0.15) is 43.9 Å². The topological polar surface area (TPSA) is 88.4 Å². The third-order valence-corrected chi connectivity index (χ3v) is 7.30. The number of thiazole rings is 1. The number of carbonyl (C=O) groups excluding carboxylic acids is 1. The molecule has 0 bridgehead atoms. The predicted molar refractivity (Wildman–Crippen MR) is 140 cm³/mol. The third kappa shape index (κ3) is 4.65. The van der Waals surface area contributed by atoms with Gasteiger partial charge in [-0.3, -0.25) is 9.36 Å². The molecule has 0 fully saturated rings. The van der Waals surface area contributed by atoms with Crippen LogP contribution >= 0.6 is 22.9 Å². The molecule has 8 nitrogen and oxygen atoms in total. The SMILES string of the molecule is CCCC1=C(C(=O)OCC)[C@H](c2ccc3c(c2)OCO3)n2c(s/c(=C\c3cc(Cl)ccc3OC)c2=O)=N1. The van der Waals surface area contributed by atoms with Gasteiger partial charge >= 0.3 is 5.97 Å². The van der Waals surface area contributed by atoms with Gasteiger partial charge in [0.05, 0.1) is 35.6 Å². The lowest BCUT2D eigenvalue weighted by molar-refractivity contribution is -0.139. The number of carbonyl (C=O) groups is 1. The zero-order chi connectivity index (χ0) is 26.1. The lowest BCUT2D eigenvalue weighted by Crippen LogP contribution is -2.40. The summed E-state index contributed by atoms with van der Waals surface area (Å²) in [4.78, 5) is 32.5. The molecule has 2 aliphatic heterocycles. The Balaban J connectivity index is 1.77. The van der Waals surface area contributed by atoms with Crippen LogP contribution in [0.4, 0.5) is 0 Å². The van der Waals surface area contributed by atoms with E-state index in [1.54, 1.807) is 55.0 Å². The van der Waals surface area contributed by atoms with Gasteiger partial charge in [-0.25, -0.2) is 9.79 Å². The summed E-state index contributed by atoms with van der Waals surface area (Å²) in [5, 5.41) is 0.521. The number of esters is 1. The van der Waals surface area contributed by atoms with Crippen molar-refractivity contribution in [3.63, 3.8) is 0 Å². The molecular weight excluding hydrogens is 516 g/mol. The largest absolute Gasteiger partial charge is 0.496 e. The normalized spacial score (nSPS) is 16.4. The first-order valence-electron chi connectivity index (χ1n) is 11.9. The smallest absolute Gasteiger partial charge is 0.338 e. The van der Waals surface area contributed by atoms with Gasteiger partial charge in [-0.05, 0) is 55.3 Å². The van der Waals surface area contributed by atoms with Crippen LogP contribution in [0.3, 0.4) is 0 Å². The van der Waals surface area contributed by atoms with E-state index in [-0.39, 0.29) is 19.0 Å². The quantitative estimate of drug-likeness (QED) is 0.421. The van der Waals surface area contributed by atoms with Crippen LogP contribution < -0.4 is 29.1 Å². The standard InChI is InChI=1S/C27H25ClN2O6S/c1-4-6-18-23(26(32)34-5-2)24(15-7-9-20-21(12-15)36-14-35-20)30-25(31)22(37-27(30)29-18)13-16-11-17(28)8-10-19(16)33-3/h7-13,24H,4-6,14H2,1-3H3/b22-13-/t24-/m0/s1. The van der Waals surface area contributed by atoms with Crippen molar-refractivity contribution in [2.75, 3.05) is 20.5 Å². The van der Waals surface area contributed by atoms with E-state index in [1.165, 1.54) is 11.3 Å². The summed E-state index contributed by atoms with van der Waals surface area (Å²) in [6.45, 7) is 4.09. The van der Waals surface area contributed by atoms with Crippen LogP contribution in [0.25, 0.3) is 6.08 Å². The molecule has 3 heterocycles. The van der Waals surface area contributed by atoms with Gasteiger partial charge in [0.15, 0.2) is 16.3 Å². The van der Waals surface area contributed by atoms with Gasteiger partial charge in [-0.2, -0.15) is 0 Å². The number of hydrogen-bond donors (Lipinski definition) is 0. The number of ether oxygens (including phenoxy) is 4. The van der Waals surface area contributed by atoms with E-state index in [9.17, 15) is 9.59 Å².